The van der Waals surface area contributed by atoms with E-state index >= 15 is 0 Å². The van der Waals surface area contributed by atoms with Gasteiger partial charge in [-0.3, -0.25) is 4.90 Å². The van der Waals surface area contributed by atoms with Crippen LogP contribution in [0.25, 0.3) is 0 Å². The quantitative estimate of drug-likeness (QED) is 0.886. The van der Waals surface area contributed by atoms with Crippen molar-refractivity contribution in [1.82, 2.24) is 4.90 Å². The van der Waals surface area contributed by atoms with E-state index in [0.29, 0.717) is 12.3 Å². The summed E-state index contributed by atoms with van der Waals surface area (Å²) in [6, 6.07) is 3.37. The molecule has 0 aliphatic carbocycles. The van der Waals surface area contributed by atoms with E-state index in [0.717, 1.165) is 17.9 Å². The van der Waals surface area contributed by atoms with Crippen LogP contribution in [-0.4, -0.2) is 49.0 Å². The van der Waals surface area contributed by atoms with Crippen LogP contribution < -0.4 is 5.73 Å². The highest BCUT2D eigenvalue weighted by molar-refractivity contribution is 8.00. The number of nitrogens with zero attached hydrogens (tertiary/aromatic N) is 1. The van der Waals surface area contributed by atoms with Crippen LogP contribution in [0.15, 0.2) is 22.8 Å². The van der Waals surface area contributed by atoms with Gasteiger partial charge in [0.05, 0.1) is 12.3 Å². The van der Waals surface area contributed by atoms with Crippen molar-refractivity contribution in [3.05, 3.63) is 24.2 Å². The summed E-state index contributed by atoms with van der Waals surface area (Å²) in [6.45, 7) is 2.72. The summed E-state index contributed by atoms with van der Waals surface area (Å²) in [5.74, 6) is 2.26. The molecule has 1 aromatic rings. The van der Waals surface area contributed by atoms with Crippen LogP contribution in [0.3, 0.4) is 0 Å². The predicted octanol–water partition coefficient (Wildman–Crippen LogP) is 1.48. The second-order valence-electron chi connectivity index (χ2n) is 5.13. The van der Waals surface area contributed by atoms with E-state index in [9.17, 15) is 8.42 Å². The lowest BCUT2D eigenvalue weighted by Crippen LogP contribution is -2.52. The fraction of sp³-hybridized carbons (Fsp3) is 0.692. The first-order chi connectivity index (χ1) is 9.45. The zero-order chi connectivity index (χ0) is 14.8. The lowest BCUT2D eigenvalue weighted by Gasteiger charge is -2.41. The number of thioether (sulfide) groups is 1. The minimum absolute atomic E-state index is 0.145. The first-order valence-corrected chi connectivity index (χ1v) is 9.87. The third kappa shape index (κ3) is 3.39. The van der Waals surface area contributed by atoms with Gasteiger partial charge in [-0.1, -0.05) is 6.92 Å². The van der Waals surface area contributed by atoms with E-state index in [1.54, 1.807) is 18.0 Å². The number of hydrogen-bond acceptors (Lipinski definition) is 6. The zero-order valence-electron chi connectivity index (χ0n) is 11.9. The molecule has 1 aliphatic rings. The molecular formula is C13H22N2O3S2. The van der Waals surface area contributed by atoms with Crippen LogP contribution in [0.4, 0.5) is 0 Å². The number of nitrogens with two attached hydrogens (primary N) is 1. The highest BCUT2D eigenvalue weighted by Gasteiger charge is 2.39. The van der Waals surface area contributed by atoms with Crippen molar-refractivity contribution in [2.45, 2.75) is 30.8 Å². The fourth-order valence-electron chi connectivity index (χ4n) is 2.58. The number of hydrogen-bond donors (Lipinski definition) is 1. The van der Waals surface area contributed by atoms with Crippen molar-refractivity contribution in [3.63, 3.8) is 0 Å². The Labute approximate surface area is 124 Å². The highest BCUT2D eigenvalue weighted by atomic mass is 32.2. The summed E-state index contributed by atoms with van der Waals surface area (Å²) >= 11 is 1.68. The normalized spacial score (nSPS) is 24.4. The minimum Gasteiger partial charge on any atom is -0.468 e. The lowest BCUT2D eigenvalue weighted by molar-refractivity contribution is 0.144. The van der Waals surface area contributed by atoms with Crippen LogP contribution in [0.5, 0.6) is 0 Å². The van der Waals surface area contributed by atoms with Crippen molar-refractivity contribution in [1.29, 1.82) is 0 Å². The Balaban J connectivity index is 2.35. The maximum Gasteiger partial charge on any atom is 0.164 e. The summed E-state index contributed by atoms with van der Waals surface area (Å²) in [4.78, 5) is 2.00. The zero-order valence-corrected chi connectivity index (χ0v) is 13.5. The van der Waals surface area contributed by atoms with Crippen LogP contribution in [0.1, 0.15) is 25.1 Å². The summed E-state index contributed by atoms with van der Waals surface area (Å²) in [5, 5.41) is -0.492. The summed E-state index contributed by atoms with van der Waals surface area (Å²) in [6.07, 6.45) is 3.68. The molecule has 0 aromatic carbocycles. The fourth-order valence-corrected chi connectivity index (χ4v) is 5.49. The van der Waals surface area contributed by atoms with E-state index in [-0.39, 0.29) is 12.1 Å². The molecule has 3 atom stereocenters. The van der Waals surface area contributed by atoms with Gasteiger partial charge in [-0.2, -0.15) is 11.8 Å². The van der Waals surface area contributed by atoms with Gasteiger partial charge < -0.3 is 10.2 Å². The summed E-state index contributed by atoms with van der Waals surface area (Å²) in [5.41, 5.74) is 6.24. The molecule has 1 fully saturated rings. The molecule has 3 unspecified atom stereocenters. The Hall–Kier alpha value is -0.500. The van der Waals surface area contributed by atoms with Gasteiger partial charge in [0.1, 0.15) is 11.1 Å². The lowest BCUT2D eigenvalue weighted by atomic mass is 10.0. The second kappa shape index (κ2) is 6.51. The molecule has 0 saturated carbocycles. The van der Waals surface area contributed by atoms with Crippen LogP contribution in [0.2, 0.25) is 0 Å². The molecule has 5 nitrogen and oxygen atoms in total. The number of furan rings is 1. The molecule has 1 aromatic heterocycles. The van der Waals surface area contributed by atoms with Crippen molar-refractivity contribution in [3.8, 4) is 0 Å². The molecule has 1 saturated heterocycles. The van der Waals surface area contributed by atoms with E-state index in [4.69, 9.17) is 10.2 Å². The molecule has 2 heterocycles. The standard InChI is InChI=1S/C13H22N2O3S2/c1-3-10(14)13(11-5-4-7-18-11)15-6-8-19-9-12(15)20(2,16)17/h4-5,7,10,12-13H,3,6,8-9,14H2,1-2H3. The van der Waals surface area contributed by atoms with Gasteiger partial charge in [0.2, 0.25) is 0 Å². The van der Waals surface area contributed by atoms with Crippen molar-refractivity contribution < 1.29 is 12.8 Å². The van der Waals surface area contributed by atoms with Gasteiger partial charge in [-0.15, -0.1) is 0 Å². The van der Waals surface area contributed by atoms with Crippen molar-refractivity contribution in [2.24, 2.45) is 5.73 Å². The summed E-state index contributed by atoms with van der Waals surface area (Å²) in [7, 11) is -3.15. The highest BCUT2D eigenvalue weighted by Crippen LogP contribution is 2.32. The van der Waals surface area contributed by atoms with Crippen molar-refractivity contribution >= 4 is 21.6 Å². The van der Waals surface area contributed by atoms with E-state index in [1.807, 2.05) is 24.0 Å². The summed E-state index contributed by atoms with van der Waals surface area (Å²) < 4.78 is 29.6. The van der Waals surface area contributed by atoms with Crippen LogP contribution >= 0.6 is 11.8 Å². The molecule has 0 radical (unpaired) electrons. The smallest absolute Gasteiger partial charge is 0.164 e. The molecule has 0 spiro atoms. The molecular weight excluding hydrogens is 296 g/mol. The number of sulfone groups is 1. The third-order valence-corrected chi connectivity index (χ3v) is 6.35. The first-order valence-electron chi connectivity index (χ1n) is 6.76. The molecule has 114 valence electrons. The van der Waals surface area contributed by atoms with Crippen molar-refractivity contribution in [2.75, 3.05) is 24.3 Å². The SMILES string of the molecule is CCC(N)C(c1ccco1)N1CCSCC1S(C)(=O)=O. The topological polar surface area (TPSA) is 76.5 Å². The molecule has 0 bridgehead atoms. The molecule has 2 rings (SSSR count). The Kier molecular flexibility index (Phi) is 5.17. The molecule has 2 N–H and O–H groups in total. The second-order valence-corrected chi connectivity index (χ2v) is 8.48. The van der Waals surface area contributed by atoms with E-state index in [2.05, 4.69) is 0 Å². The average molecular weight is 318 g/mol. The Morgan fingerprint density at radius 3 is 2.90 bits per heavy atom. The first kappa shape index (κ1) is 15.9. The van der Waals surface area contributed by atoms with Gasteiger partial charge >= 0.3 is 0 Å². The van der Waals surface area contributed by atoms with Crippen LogP contribution in [0, 0.1) is 0 Å². The minimum atomic E-state index is -3.15. The predicted molar refractivity (Wildman–Crippen MR) is 82.4 cm³/mol. The molecule has 7 heteroatoms. The Bertz CT molecular complexity index is 516. The number of rotatable bonds is 5. The third-order valence-electron chi connectivity index (χ3n) is 3.69. The van der Waals surface area contributed by atoms with E-state index < -0.39 is 15.2 Å². The Morgan fingerprint density at radius 2 is 2.35 bits per heavy atom. The maximum atomic E-state index is 12.1. The largest absolute Gasteiger partial charge is 0.468 e. The van der Waals surface area contributed by atoms with E-state index in [1.165, 1.54) is 6.26 Å². The van der Waals surface area contributed by atoms with Gasteiger partial charge in [-0.05, 0) is 18.6 Å². The van der Waals surface area contributed by atoms with Crippen LogP contribution in [-0.2, 0) is 9.84 Å². The molecule has 0 amide bonds. The Morgan fingerprint density at radius 1 is 1.60 bits per heavy atom. The average Bonchev–Trinajstić information content (AvgIpc) is 2.92. The molecule has 1 aliphatic heterocycles. The van der Waals surface area contributed by atoms with Gasteiger partial charge in [0.15, 0.2) is 9.84 Å². The monoisotopic (exact) mass is 318 g/mol. The molecule has 20 heavy (non-hydrogen) atoms. The van der Waals surface area contributed by atoms with Gasteiger partial charge in [0, 0.05) is 30.3 Å². The maximum absolute atomic E-state index is 12.1. The van der Waals surface area contributed by atoms with Gasteiger partial charge in [-0.25, -0.2) is 8.42 Å². The van der Waals surface area contributed by atoms with Gasteiger partial charge in [0.25, 0.3) is 0 Å².